The van der Waals surface area contributed by atoms with Gasteiger partial charge in [-0.2, -0.15) is 0 Å². The Morgan fingerprint density at radius 2 is 1.97 bits per heavy atom. The molecule has 0 spiro atoms. The number of urea groups is 1. The number of nitrogens with zero attached hydrogens (tertiary/aromatic N) is 1. The van der Waals surface area contributed by atoms with Crippen LogP contribution in [0.25, 0.3) is 0 Å². The maximum absolute atomic E-state index is 13.0. The normalized spacial score (nSPS) is 25.7. The smallest absolute Gasteiger partial charge is 0.318 e. The summed E-state index contributed by atoms with van der Waals surface area (Å²) in [5.74, 6) is 5.50. The molecule has 3 amide bonds. The fraction of sp³-hybridized carbons (Fsp3) is 0.682. The largest absolute Gasteiger partial charge is 0.392 e. The number of nitrogens with one attached hydrogen (secondary N) is 2. The fourth-order valence-electron chi connectivity index (χ4n) is 3.90. The van der Waals surface area contributed by atoms with Crippen LogP contribution in [0, 0.1) is 17.8 Å². The van der Waals surface area contributed by atoms with Crippen molar-refractivity contribution in [3.63, 3.8) is 0 Å². The highest BCUT2D eigenvalue weighted by Crippen LogP contribution is 2.22. The molecule has 3 fully saturated rings. The van der Waals surface area contributed by atoms with E-state index in [0.717, 1.165) is 25.7 Å². The van der Waals surface area contributed by atoms with Crippen LogP contribution in [-0.2, 0) is 19.1 Å². The predicted octanol–water partition coefficient (Wildman–Crippen LogP) is -0.0183. The first-order valence-electron chi connectivity index (χ1n) is 10.9. The summed E-state index contributed by atoms with van der Waals surface area (Å²) in [6, 6.07) is -2.34. The maximum atomic E-state index is 13.0. The minimum absolute atomic E-state index is 0.121. The highest BCUT2D eigenvalue weighted by atomic mass is 16.5. The van der Waals surface area contributed by atoms with E-state index in [1.54, 1.807) is 11.0 Å². The van der Waals surface area contributed by atoms with Gasteiger partial charge >= 0.3 is 6.03 Å². The van der Waals surface area contributed by atoms with Crippen molar-refractivity contribution >= 4 is 17.7 Å². The van der Waals surface area contributed by atoms with Crippen LogP contribution < -0.4 is 10.6 Å². The van der Waals surface area contributed by atoms with Crippen LogP contribution in [-0.4, -0.2) is 85.4 Å². The average Bonchev–Trinajstić information content (AvgIpc) is 3.15. The Bertz CT molecular complexity index is 731. The monoisotopic (exact) mass is 433 g/mol. The molecule has 0 aromatic heterocycles. The van der Waals surface area contributed by atoms with Gasteiger partial charge in [-0.05, 0) is 12.8 Å². The van der Waals surface area contributed by atoms with E-state index in [4.69, 9.17) is 14.6 Å². The molecule has 0 aromatic rings. The van der Waals surface area contributed by atoms with Crippen molar-refractivity contribution in [1.29, 1.82) is 0 Å². The molecule has 9 nitrogen and oxygen atoms in total. The molecule has 0 aromatic carbocycles. The number of Topliss-reactive ketones (excluding diaryl/α,β-unsaturated/α-hetero) is 1. The molecule has 170 valence electrons. The van der Waals surface area contributed by atoms with Gasteiger partial charge in [0.15, 0.2) is 11.8 Å². The summed E-state index contributed by atoms with van der Waals surface area (Å²) in [5, 5.41) is 14.4. The molecule has 0 bridgehead atoms. The third-order valence-electron chi connectivity index (χ3n) is 5.69. The number of hydrogen-bond acceptors (Lipinski definition) is 6. The van der Waals surface area contributed by atoms with Gasteiger partial charge < -0.3 is 30.1 Å². The maximum Gasteiger partial charge on any atom is 0.318 e. The lowest BCUT2D eigenvalue weighted by Crippen LogP contribution is -2.56. The lowest BCUT2D eigenvalue weighted by molar-refractivity contribution is -0.126. The number of hydrogen-bond donors (Lipinski definition) is 3. The van der Waals surface area contributed by atoms with Gasteiger partial charge in [0.1, 0.15) is 18.8 Å². The van der Waals surface area contributed by atoms with E-state index < -0.39 is 24.1 Å². The van der Waals surface area contributed by atoms with E-state index in [-0.39, 0.29) is 30.9 Å². The van der Waals surface area contributed by atoms with E-state index in [1.165, 1.54) is 12.5 Å². The second-order valence-corrected chi connectivity index (χ2v) is 7.94. The van der Waals surface area contributed by atoms with Gasteiger partial charge in [0, 0.05) is 19.0 Å². The molecule has 3 atom stereocenters. The SMILES string of the molecule is O=C(N[C@@H]1C(=O)COC1/C=C/CO)C(C#CC1CCCCC1)NC(=O)N1CCOCC1. The third-order valence-corrected chi connectivity index (χ3v) is 5.69. The van der Waals surface area contributed by atoms with Gasteiger partial charge in [0.25, 0.3) is 5.91 Å². The van der Waals surface area contributed by atoms with Gasteiger partial charge in [-0.3, -0.25) is 9.59 Å². The molecule has 3 N–H and O–H groups in total. The summed E-state index contributed by atoms with van der Waals surface area (Å²) in [7, 11) is 0. The summed E-state index contributed by atoms with van der Waals surface area (Å²) in [6.45, 7) is 1.47. The Hall–Kier alpha value is -2.41. The molecule has 2 aliphatic heterocycles. The van der Waals surface area contributed by atoms with Crippen molar-refractivity contribution in [2.45, 2.75) is 50.3 Å². The van der Waals surface area contributed by atoms with Crippen LogP contribution in [0.4, 0.5) is 4.79 Å². The quantitative estimate of drug-likeness (QED) is 0.415. The summed E-state index contributed by atoms with van der Waals surface area (Å²) in [4.78, 5) is 39.4. The summed E-state index contributed by atoms with van der Waals surface area (Å²) >= 11 is 0. The van der Waals surface area contributed by atoms with Crippen molar-refractivity contribution in [3.8, 4) is 11.8 Å². The molecule has 3 rings (SSSR count). The van der Waals surface area contributed by atoms with Gasteiger partial charge in [-0.15, -0.1) is 0 Å². The van der Waals surface area contributed by atoms with Crippen molar-refractivity contribution in [1.82, 2.24) is 15.5 Å². The first-order valence-corrected chi connectivity index (χ1v) is 10.9. The lowest BCUT2D eigenvalue weighted by atomic mass is 9.89. The second kappa shape index (κ2) is 11.8. The number of carbonyl (C=O) groups is 3. The topological polar surface area (TPSA) is 117 Å². The molecular weight excluding hydrogens is 402 g/mol. The Labute approximate surface area is 182 Å². The van der Waals surface area contributed by atoms with E-state index in [9.17, 15) is 14.4 Å². The number of ether oxygens (including phenoxy) is 2. The first-order chi connectivity index (χ1) is 15.1. The zero-order valence-electron chi connectivity index (χ0n) is 17.7. The standard InChI is InChI=1S/C22H31N3O6/c26-12-4-7-19-20(18(27)15-31-19)24-21(28)17(9-8-16-5-2-1-3-6-16)23-22(29)25-10-13-30-14-11-25/h4,7,16-17,19-20,26H,1-3,5-6,10-15H2,(H,23,29)(H,24,28)/b7-4+/t17?,19?,20-/m1/s1. The molecule has 31 heavy (non-hydrogen) atoms. The van der Waals surface area contributed by atoms with Crippen molar-refractivity contribution < 1.29 is 29.0 Å². The highest BCUT2D eigenvalue weighted by Gasteiger charge is 2.37. The first kappa shape index (κ1) is 23.3. The number of aliphatic hydroxyl groups is 1. The Balaban J connectivity index is 1.70. The summed E-state index contributed by atoms with van der Waals surface area (Å²) in [5.41, 5.74) is 0. The molecule has 2 saturated heterocycles. The van der Waals surface area contributed by atoms with Crippen LogP contribution >= 0.6 is 0 Å². The van der Waals surface area contributed by atoms with Gasteiger partial charge in [-0.1, -0.05) is 43.3 Å². The third kappa shape index (κ3) is 6.79. The van der Waals surface area contributed by atoms with Gasteiger partial charge in [0.05, 0.1) is 19.8 Å². The number of rotatable bonds is 5. The molecule has 2 unspecified atom stereocenters. The van der Waals surface area contributed by atoms with E-state index in [2.05, 4.69) is 22.5 Å². The van der Waals surface area contributed by atoms with Crippen LogP contribution in [0.15, 0.2) is 12.2 Å². The molecule has 9 heteroatoms. The Morgan fingerprint density at radius 1 is 1.23 bits per heavy atom. The zero-order chi connectivity index (χ0) is 22.1. The Morgan fingerprint density at radius 3 is 2.68 bits per heavy atom. The zero-order valence-corrected chi connectivity index (χ0v) is 17.7. The molecular formula is C22H31N3O6. The predicted molar refractivity (Wildman–Crippen MR) is 112 cm³/mol. The number of carbonyl (C=O) groups excluding carboxylic acids is 3. The summed E-state index contributed by atoms with van der Waals surface area (Å²) in [6.07, 6.45) is 7.75. The minimum atomic E-state index is -1.08. The van der Waals surface area contributed by atoms with Crippen LogP contribution in [0.1, 0.15) is 32.1 Å². The van der Waals surface area contributed by atoms with Crippen LogP contribution in [0.2, 0.25) is 0 Å². The average molecular weight is 434 g/mol. The number of amides is 3. The van der Waals surface area contributed by atoms with Crippen molar-refractivity contribution in [2.75, 3.05) is 39.5 Å². The van der Waals surface area contributed by atoms with Crippen molar-refractivity contribution in [2.24, 2.45) is 5.92 Å². The van der Waals surface area contributed by atoms with Crippen LogP contribution in [0.3, 0.4) is 0 Å². The fourth-order valence-corrected chi connectivity index (χ4v) is 3.90. The number of morpholine rings is 1. The molecule has 3 aliphatic rings. The van der Waals surface area contributed by atoms with Crippen LogP contribution in [0.5, 0.6) is 0 Å². The molecule has 2 heterocycles. The van der Waals surface area contributed by atoms with E-state index in [0.29, 0.717) is 26.3 Å². The van der Waals surface area contributed by atoms with Gasteiger partial charge in [-0.25, -0.2) is 4.79 Å². The summed E-state index contributed by atoms with van der Waals surface area (Å²) < 4.78 is 10.7. The molecule has 1 aliphatic carbocycles. The Kier molecular flexibility index (Phi) is 8.88. The van der Waals surface area contributed by atoms with E-state index >= 15 is 0 Å². The lowest BCUT2D eigenvalue weighted by Gasteiger charge is -2.28. The molecule has 0 radical (unpaired) electrons. The second-order valence-electron chi connectivity index (χ2n) is 7.94. The number of ketones is 1. The number of aliphatic hydroxyl groups excluding tert-OH is 1. The highest BCUT2D eigenvalue weighted by molar-refractivity contribution is 5.96. The van der Waals surface area contributed by atoms with Gasteiger partial charge in [0.2, 0.25) is 0 Å². The molecule has 1 saturated carbocycles. The van der Waals surface area contributed by atoms with Crippen molar-refractivity contribution in [3.05, 3.63) is 12.2 Å². The van der Waals surface area contributed by atoms with E-state index in [1.807, 2.05) is 0 Å². The minimum Gasteiger partial charge on any atom is -0.392 e.